The summed E-state index contributed by atoms with van der Waals surface area (Å²) in [5, 5.41) is 3.18. The Hall–Kier alpha value is -0.660. The molecule has 0 spiro atoms. The molecule has 0 saturated carbocycles. The van der Waals surface area contributed by atoms with E-state index in [1.54, 1.807) is 4.31 Å². The van der Waals surface area contributed by atoms with Gasteiger partial charge in [-0.2, -0.15) is 0 Å². The maximum atomic E-state index is 12.2. The number of likely N-dealkylation sites (tertiary alicyclic amines) is 1. The number of carbonyl (C=O) groups is 1. The minimum Gasteiger partial charge on any atom is -0.343 e. The van der Waals surface area contributed by atoms with Crippen LogP contribution in [0.25, 0.3) is 0 Å². The number of piperidine rings is 1. The van der Waals surface area contributed by atoms with Crippen molar-refractivity contribution in [3.63, 3.8) is 0 Å². The van der Waals surface area contributed by atoms with Crippen LogP contribution in [-0.2, 0) is 14.8 Å². The van der Waals surface area contributed by atoms with Crippen LogP contribution in [0.4, 0.5) is 0 Å². The van der Waals surface area contributed by atoms with E-state index in [2.05, 4.69) is 5.32 Å². The number of nitrogens with zero attached hydrogens (tertiary/aromatic N) is 2. The Labute approximate surface area is 134 Å². The van der Waals surface area contributed by atoms with Gasteiger partial charge in [-0.1, -0.05) is 0 Å². The highest BCUT2D eigenvalue weighted by Crippen LogP contribution is 2.18. The Morgan fingerprint density at radius 1 is 1.14 bits per heavy atom. The van der Waals surface area contributed by atoms with E-state index in [0.717, 1.165) is 45.3 Å². The average molecular weight is 331 g/mol. The van der Waals surface area contributed by atoms with Gasteiger partial charge >= 0.3 is 0 Å². The molecule has 0 aromatic heterocycles. The molecule has 2 heterocycles. The van der Waals surface area contributed by atoms with Gasteiger partial charge < -0.3 is 10.2 Å². The van der Waals surface area contributed by atoms with Crippen molar-refractivity contribution >= 4 is 15.9 Å². The third-order valence-electron chi connectivity index (χ3n) is 4.71. The second-order valence-electron chi connectivity index (χ2n) is 6.41. The van der Waals surface area contributed by atoms with Crippen LogP contribution in [0.3, 0.4) is 0 Å². The molecule has 128 valence electrons. The van der Waals surface area contributed by atoms with E-state index in [9.17, 15) is 13.2 Å². The van der Waals surface area contributed by atoms with Gasteiger partial charge in [0.1, 0.15) is 0 Å². The normalized spacial score (nSPS) is 21.4. The lowest BCUT2D eigenvalue weighted by Crippen LogP contribution is -2.40. The van der Waals surface area contributed by atoms with Crippen LogP contribution in [-0.4, -0.2) is 69.1 Å². The van der Waals surface area contributed by atoms with Gasteiger partial charge in [0.25, 0.3) is 0 Å². The lowest BCUT2D eigenvalue weighted by Gasteiger charge is -2.32. The highest BCUT2D eigenvalue weighted by Gasteiger charge is 2.26. The molecule has 7 heteroatoms. The van der Waals surface area contributed by atoms with Gasteiger partial charge in [-0.15, -0.1) is 0 Å². The maximum absolute atomic E-state index is 12.2. The summed E-state index contributed by atoms with van der Waals surface area (Å²) in [7, 11) is -1.19. The minimum absolute atomic E-state index is 0.106. The van der Waals surface area contributed by atoms with Crippen molar-refractivity contribution in [2.24, 2.45) is 5.92 Å². The van der Waals surface area contributed by atoms with Crippen LogP contribution >= 0.6 is 0 Å². The predicted molar refractivity (Wildman–Crippen MR) is 87.1 cm³/mol. The highest BCUT2D eigenvalue weighted by atomic mass is 32.2. The van der Waals surface area contributed by atoms with Crippen LogP contribution in [0.5, 0.6) is 0 Å². The molecular weight excluding hydrogens is 302 g/mol. The summed E-state index contributed by atoms with van der Waals surface area (Å²) >= 11 is 0. The standard InChI is InChI=1S/C15H29N3O3S/c1-16-13-14-6-10-17(11-7-14)15(19)5-4-12-22(20,21)18-8-2-3-9-18/h14,16H,2-13H2,1H3. The van der Waals surface area contributed by atoms with E-state index < -0.39 is 10.0 Å². The van der Waals surface area contributed by atoms with E-state index in [0.29, 0.717) is 31.8 Å². The van der Waals surface area contributed by atoms with Gasteiger partial charge in [0.2, 0.25) is 15.9 Å². The van der Waals surface area contributed by atoms with Gasteiger partial charge in [-0.05, 0) is 51.6 Å². The van der Waals surface area contributed by atoms with Gasteiger partial charge in [-0.3, -0.25) is 4.79 Å². The zero-order valence-electron chi connectivity index (χ0n) is 13.6. The number of carbonyl (C=O) groups excluding carboxylic acids is 1. The molecule has 0 atom stereocenters. The number of hydrogen-bond acceptors (Lipinski definition) is 4. The molecule has 0 bridgehead atoms. The molecule has 0 aromatic rings. The largest absolute Gasteiger partial charge is 0.343 e. The van der Waals surface area contributed by atoms with Crippen LogP contribution in [0.2, 0.25) is 0 Å². The first-order valence-corrected chi connectivity index (χ1v) is 10.0. The van der Waals surface area contributed by atoms with Crippen LogP contribution < -0.4 is 5.32 Å². The quantitative estimate of drug-likeness (QED) is 0.744. The van der Waals surface area contributed by atoms with Crippen molar-refractivity contribution < 1.29 is 13.2 Å². The van der Waals surface area contributed by atoms with Crippen LogP contribution in [0.1, 0.15) is 38.5 Å². The topological polar surface area (TPSA) is 69.7 Å². The fourth-order valence-corrected chi connectivity index (χ4v) is 4.92. The Morgan fingerprint density at radius 3 is 2.36 bits per heavy atom. The molecule has 2 saturated heterocycles. The SMILES string of the molecule is CNCC1CCN(C(=O)CCCS(=O)(=O)N2CCCC2)CC1. The molecule has 0 aromatic carbocycles. The molecule has 2 aliphatic heterocycles. The number of sulfonamides is 1. The average Bonchev–Trinajstić information content (AvgIpc) is 3.03. The molecule has 0 unspecified atom stereocenters. The summed E-state index contributed by atoms with van der Waals surface area (Å²) in [4.78, 5) is 14.1. The second kappa shape index (κ2) is 8.26. The monoisotopic (exact) mass is 331 g/mol. The van der Waals surface area contributed by atoms with Gasteiger partial charge in [-0.25, -0.2) is 12.7 Å². The Bertz CT molecular complexity index is 453. The molecule has 2 rings (SSSR count). The first kappa shape index (κ1) is 17.7. The molecule has 2 aliphatic rings. The van der Waals surface area contributed by atoms with Crippen LogP contribution in [0.15, 0.2) is 0 Å². The minimum atomic E-state index is -3.15. The predicted octanol–water partition coefficient (Wildman–Crippen LogP) is 0.650. The molecule has 1 N–H and O–H groups in total. The lowest BCUT2D eigenvalue weighted by atomic mass is 9.96. The summed E-state index contributed by atoms with van der Waals surface area (Å²) in [5.41, 5.74) is 0. The van der Waals surface area contributed by atoms with Crippen molar-refractivity contribution in [3.8, 4) is 0 Å². The summed E-state index contributed by atoms with van der Waals surface area (Å²) in [6, 6.07) is 0. The van der Waals surface area contributed by atoms with E-state index in [-0.39, 0.29) is 11.7 Å². The fourth-order valence-electron chi connectivity index (χ4n) is 3.33. The number of rotatable bonds is 7. The zero-order chi connectivity index (χ0) is 16.0. The number of amides is 1. The molecule has 0 aliphatic carbocycles. The molecule has 1 amide bonds. The summed E-state index contributed by atoms with van der Waals surface area (Å²) in [6.45, 7) is 3.93. The van der Waals surface area contributed by atoms with Crippen LogP contribution in [0, 0.1) is 5.92 Å². The van der Waals surface area contributed by atoms with Gasteiger partial charge in [0.05, 0.1) is 5.75 Å². The van der Waals surface area contributed by atoms with E-state index in [4.69, 9.17) is 0 Å². The third kappa shape index (κ3) is 4.93. The third-order valence-corrected chi connectivity index (χ3v) is 6.67. The first-order chi connectivity index (χ1) is 10.5. The summed E-state index contributed by atoms with van der Waals surface area (Å²) < 4.78 is 25.8. The van der Waals surface area contributed by atoms with Gasteiger partial charge in [0, 0.05) is 32.6 Å². The van der Waals surface area contributed by atoms with E-state index in [1.807, 2.05) is 11.9 Å². The van der Waals surface area contributed by atoms with Crippen molar-refractivity contribution in [1.82, 2.24) is 14.5 Å². The Morgan fingerprint density at radius 2 is 1.77 bits per heavy atom. The first-order valence-electron chi connectivity index (χ1n) is 8.43. The van der Waals surface area contributed by atoms with Crippen molar-refractivity contribution in [2.75, 3.05) is 45.5 Å². The number of nitrogens with one attached hydrogen (secondary N) is 1. The highest BCUT2D eigenvalue weighted by molar-refractivity contribution is 7.89. The van der Waals surface area contributed by atoms with E-state index >= 15 is 0 Å². The van der Waals surface area contributed by atoms with Crippen molar-refractivity contribution in [1.29, 1.82) is 0 Å². The molecule has 0 radical (unpaired) electrons. The Balaban J connectivity index is 1.68. The molecule has 22 heavy (non-hydrogen) atoms. The Kier molecular flexibility index (Phi) is 6.65. The van der Waals surface area contributed by atoms with Gasteiger partial charge in [0.15, 0.2) is 0 Å². The lowest BCUT2D eigenvalue weighted by molar-refractivity contribution is -0.132. The fraction of sp³-hybridized carbons (Fsp3) is 0.933. The molecular formula is C15H29N3O3S. The zero-order valence-corrected chi connectivity index (χ0v) is 14.4. The van der Waals surface area contributed by atoms with E-state index in [1.165, 1.54) is 0 Å². The van der Waals surface area contributed by atoms with Crippen molar-refractivity contribution in [2.45, 2.75) is 38.5 Å². The smallest absolute Gasteiger partial charge is 0.222 e. The number of hydrogen-bond donors (Lipinski definition) is 1. The second-order valence-corrected chi connectivity index (χ2v) is 8.50. The van der Waals surface area contributed by atoms with Crippen molar-refractivity contribution in [3.05, 3.63) is 0 Å². The molecule has 6 nitrogen and oxygen atoms in total. The summed E-state index contributed by atoms with van der Waals surface area (Å²) in [5.74, 6) is 0.874. The summed E-state index contributed by atoms with van der Waals surface area (Å²) in [6.07, 6.45) is 4.79. The molecule has 2 fully saturated rings. The maximum Gasteiger partial charge on any atom is 0.222 e.